The molecule has 0 N–H and O–H groups in total. The lowest BCUT2D eigenvalue weighted by molar-refractivity contribution is -0.213. The van der Waals surface area contributed by atoms with E-state index in [1.807, 2.05) is 36.4 Å². The van der Waals surface area contributed by atoms with Gasteiger partial charge < -0.3 is 4.74 Å². The highest BCUT2D eigenvalue weighted by Gasteiger charge is 2.09. The number of ether oxygens (including phenoxy) is 1. The molecule has 4 nitrogen and oxygen atoms in total. The maximum Gasteiger partial charge on any atom is 0.355 e. The summed E-state index contributed by atoms with van der Waals surface area (Å²) in [7, 11) is 0. The van der Waals surface area contributed by atoms with Crippen molar-refractivity contribution in [2.45, 2.75) is 13.3 Å². The van der Waals surface area contributed by atoms with E-state index in [2.05, 4.69) is 4.89 Å². The Morgan fingerprint density at radius 1 is 0.947 bits per heavy atom. The Labute approximate surface area is 111 Å². The highest BCUT2D eigenvalue weighted by Crippen LogP contribution is 2.31. The zero-order chi connectivity index (χ0) is 13.5. The number of carbonyl (C=O) groups is 1. The molecule has 2 aromatic rings. The van der Waals surface area contributed by atoms with Gasteiger partial charge in [0.15, 0.2) is 5.75 Å². The lowest BCUT2D eigenvalue weighted by Crippen LogP contribution is -2.06. The van der Waals surface area contributed by atoms with E-state index in [0.29, 0.717) is 17.2 Å². The van der Waals surface area contributed by atoms with E-state index in [1.54, 1.807) is 25.1 Å². The lowest BCUT2D eigenvalue weighted by atomic mass is 10.3. The number of para-hydroxylation sites is 3. The summed E-state index contributed by atoms with van der Waals surface area (Å²) in [6, 6.07) is 16.3. The normalized spacial score (nSPS) is 9.74. The molecule has 98 valence electrons. The van der Waals surface area contributed by atoms with Crippen LogP contribution in [0.3, 0.4) is 0 Å². The smallest absolute Gasteiger partial charge is 0.355 e. The Morgan fingerprint density at radius 3 is 2.26 bits per heavy atom. The Bertz CT molecular complexity index is 537. The van der Waals surface area contributed by atoms with Crippen LogP contribution in [-0.2, 0) is 9.68 Å². The van der Waals surface area contributed by atoms with Gasteiger partial charge in [-0.05, 0) is 24.3 Å². The SMILES string of the molecule is CCC(=O)OOc1ccccc1Oc1ccccc1. The number of hydrogen-bond donors (Lipinski definition) is 0. The molecule has 0 atom stereocenters. The zero-order valence-corrected chi connectivity index (χ0v) is 10.5. The summed E-state index contributed by atoms with van der Waals surface area (Å²) in [4.78, 5) is 20.7. The summed E-state index contributed by atoms with van der Waals surface area (Å²) in [5, 5.41) is 0. The fraction of sp³-hybridized carbons (Fsp3) is 0.133. The zero-order valence-electron chi connectivity index (χ0n) is 10.5. The van der Waals surface area contributed by atoms with Crippen LogP contribution in [0.15, 0.2) is 54.6 Å². The van der Waals surface area contributed by atoms with Crippen molar-refractivity contribution in [3.05, 3.63) is 54.6 Å². The highest BCUT2D eigenvalue weighted by atomic mass is 17.2. The molecule has 0 aliphatic heterocycles. The number of benzene rings is 2. The predicted molar refractivity (Wildman–Crippen MR) is 70.0 cm³/mol. The third-order valence-electron chi connectivity index (χ3n) is 2.33. The molecule has 0 amide bonds. The van der Waals surface area contributed by atoms with Crippen LogP contribution in [0.5, 0.6) is 17.2 Å². The van der Waals surface area contributed by atoms with Crippen LogP contribution in [-0.4, -0.2) is 5.97 Å². The Morgan fingerprint density at radius 2 is 1.58 bits per heavy atom. The minimum atomic E-state index is -0.436. The highest BCUT2D eigenvalue weighted by molar-refractivity contribution is 5.68. The van der Waals surface area contributed by atoms with Gasteiger partial charge in [0.1, 0.15) is 5.75 Å². The number of rotatable bonds is 5. The van der Waals surface area contributed by atoms with Gasteiger partial charge in [-0.15, -0.1) is 0 Å². The molecule has 2 aromatic carbocycles. The second-order valence-electron chi connectivity index (χ2n) is 3.75. The Hall–Kier alpha value is -2.49. The third-order valence-corrected chi connectivity index (χ3v) is 2.33. The summed E-state index contributed by atoms with van der Waals surface area (Å²) in [6.07, 6.45) is 0.252. The molecule has 0 spiro atoms. The van der Waals surface area contributed by atoms with Crippen molar-refractivity contribution in [1.29, 1.82) is 0 Å². The fourth-order valence-corrected chi connectivity index (χ4v) is 1.37. The van der Waals surface area contributed by atoms with Crippen LogP contribution in [0.2, 0.25) is 0 Å². The minimum Gasteiger partial charge on any atom is -0.453 e. The first-order valence-electron chi connectivity index (χ1n) is 5.99. The van der Waals surface area contributed by atoms with Gasteiger partial charge in [0.25, 0.3) is 0 Å². The van der Waals surface area contributed by atoms with Crippen LogP contribution in [0.1, 0.15) is 13.3 Å². The van der Waals surface area contributed by atoms with E-state index in [1.165, 1.54) is 0 Å². The monoisotopic (exact) mass is 258 g/mol. The maximum absolute atomic E-state index is 11.1. The van der Waals surface area contributed by atoms with E-state index in [0.717, 1.165) is 0 Å². The van der Waals surface area contributed by atoms with Crippen LogP contribution in [0.4, 0.5) is 0 Å². The molecule has 0 heterocycles. The van der Waals surface area contributed by atoms with E-state index in [4.69, 9.17) is 9.62 Å². The topological polar surface area (TPSA) is 44.8 Å². The van der Waals surface area contributed by atoms with E-state index in [9.17, 15) is 4.79 Å². The summed E-state index contributed by atoms with van der Waals surface area (Å²) >= 11 is 0. The van der Waals surface area contributed by atoms with Crippen LogP contribution < -0.4 is 9.62 Å². The number of hydrogen-bond acceptors (Lipinski definition) is 4. The minimum absolute atomic E-state index is 0.252. The predicted octanol–water partition coefficient (Wildman–Crippen LogP) is 3.73. The Kier molecular flexibility index (Phi) is 4.39. The number of carbonyl (C=O) groups excluding carboxylic acids is 1. The summed E-state index contributed by atoms with van der Waals surface area (Å²) in [5.74, 6) is 1.08. The van der Waals surface area contributed by atoms with Gasteiger partial charge in [-0.25, -0.2) is 4.79 Å². The van der Waals surface area contributed by atoms with Gasteiger partial charge >= 0.3 is 5.97 Å². The van der Waals surface area contributed by atoms with Gasteiger partial charge in [0.2, 0.25) is 5.75 Å². The van der Waals surface area contributed by atoms with Crippen molar-refractivity contribution in [2.75, 3.05) is 0 Å². The molecule has 0 unspecified atom stereocenters. The standard InChI is InChI=1S/C15H14O4/c1-2-15(16)19-18-14-11-7-6-10-13(14)17-12-8-4-3-5-9-12/h3-11H,2H2,1H3. The molecule has 2 rings (SSSR count). The molecule has 0 aromatic heterocycles. The lowest BCUT2D eigenvalue weighted by Gasteiger charge is -2.10. The molecular weight excluding hydrogens is 244 g/mol. The van der Waals surface area contributed by atoms with E-state index in [-0.39, 0.29) is 6.42 Å². The largest absolute Gasteiger partial charge is 0.453 e. The van der Waals surface area contributed by atoms with Crippen LogP contribution in [0, 0.1) is 0 Å². The van der Waals surface area contributed by atoms with Gasteiger partial charge in [-0.1, -0.05) is 37.3 Å². The van der Waals surface area contributed by atoms with Gasteiger partial charge in [0, 0.05) is 6.42 Å². The molecule has 0 aliphatic carbocycles. The summed E-state index contributed by atoms with van der Waals surface area (Å²) < 4.78 is 5.66. The first-order valence-corrected chi connectivity index (χ1v) is 5.99. The molecule has 0 bridgehead atoms. The maximum atomic E-state index is 11.1. The van der Waals surface area contributed by atoms with Crippen molar-refractivity contribution >= 4 is 5.97 Å². The van der Waals surface area contributed by atoms with Crippen molar-refractivity contribution in [1.82, 2.24) is 0 Å². The molecule has 0 radical (unpaired) electrons. The van der Waals surface area contributed by atoms with E-state index >= 15 is 0 Å². The molecule has 0 saturated carbocycles. The van der Waals surface area contributed by atoms with Crippen molar-refractivity contribution < 1.29 is 19.3 Å². The summed E-state index contributed by atoms with van der Waals surface area (Å²) in [5.41, 5.74) is 0. The van der Waals surface area contributed by atoms with Crippen molar-refractivity contribution in [2.24, 2.45) is 0 Å². The van der Waals surface area contributed by atoms with Crippen LogP contribution >= 0.6 is 0 Å². The fourth-order valence-electron chi connectivity index (χ4n) is 1.37. The quantitative estimate of drug-likeness (QED) is 0.605. The summed E-state index contributed by atoms with van der Waals surface area (Å²) in [6.45, 7) is 1.69. The molecule has 4 heteroatoms. The average Bonchev–Trinajstić information content (AvgIpc) is 2.47. The van der Waals surface area contributed by atoms with Crippen molar-refractivity contribution in [3.63, 3.8) is 0 Å². The van der Waals surface area contributed by atoms with E-state index < -0.39 is 5.97 Å². The molecular formula is C15H14O4. The second kappa shape index (κ2) is 6.44. The first-order chi connectivity index (χ1) is 9.29. The average molecular weight is 258 g/mol. The van der Waals surface area contributed by atoms with Crippen molar-refractivity contribution in [3.8, 4) is 17.2 Å². The van der Waals surface area contributed by atoms with Gasteiger partial charge in [-0.2, -0.15) is 0 Å². The first kappa shape index (κ1) is 13.0. The van der Waals surface area contributed by atoms with Gasteiger partial charge in [-0.3, -0.25) is 9.78 Å². The van der Waals surface area contributed by atoms with Gasteiger partial charge in [0.05, 0.1) is 0 Å². The van der Waals surface area contributed by atoms with Crippen LogP contribution in [0.25, 0.3) is 0 Å². The molecule has 0 aliphatic rings. The molecule has 0 saturated heterocycles. The molecule has 0 fully saturated rings. The third kappa shape index (κ3) is 3.74. The molecule has 19 heavy (non-hydrogen) atoms. The second-order valence-corrected chi connectivity index (χ2v) is 3.75. The Balaban J connectivity index is 2.10.